The van der Waals surface area contributed by atoms with Crippen molar-refractivity contribution >= 4 is 5.69 Å². The Labute approximate surface area is 101 Å². The second-order valence-electron chi connectivity index (χ2n) is 3.55. The molecule has 1 heterocycles. The van der Waals surface area contributed by atoms with Crippen molar-refractivity contribution in [2.45, 2.75) is 19.8 Å². The van der Waals surface area contributed by atoms with Crippen LogP contribution in [0.1, 0.15) is 25.3 Å². The lowest BCUT2D eigenvalue weighted by Crippen LogP contribution is -2.09. The average Bonchev–Trinajstić information content (AvgIpc) is 2.35. The summed E-state index contributed by atoms with van der Waals surface area (Å²) < 4.78 is 10.7. The Kier molecular flexibility index (Phi) is 5.83. The van der Waals surface area contributed by atoms with E-state index in [1.54, 1.807) is 6.07 Å². The number of anilines is 1. The fourth-order valence-corrected chi connectivity index (χ4v) is 1.21. The van der Waals surface area contributed by atoms with Crippen molar-refractivity contribution in [3.63, 3.8) is 0 Å². The van der Waals surface area contributed by atoms with Gasteiger partial charge in [0.25, 0.3) is 0 Å². The minimum absolute atomic E-state index is 0.306. The van der Waals surface area contributed by atoms with Gasteiger partial charge in [-0.05, 0) is 12.5 Å². The van der Waals surface area contributed by atoms with Gasteiger partial charge in [-0.1, -0.05) is 13.3 Å². The number of nitrogens with zero attached hydrogens (tertiary/aromatic N) is 2. The van der Waals surface area contributed by atoms with E-state index in [-0.39, 0.29) is 0 Å². The molecule has 1 aromatic heterocycles. The van der Waals surface area contributed by atoms with Crippen LogP contribution in [0.2, 0.25) is 0 Å². The highest BCUT2D eigenvalue weighted by Gasteiger charge is 2.05. The van der Waals surface area contributed by atoms with Gasteiger partial charge in [-0.3, -0.25) is 0 Å². The van der Waals surface area contributed by atoms with Crippen LogP contribution in [0.3, 0.4) is 0 Å². The zero-order valence-electron chi connectivity index (χ0n) is 9.98. The third-order valence-electron chi connectivity index (χ3n) is 2.10. The summed E-state index contributed by atoms with van der Waals surface area (Å²) in [7, 11) is 0. The molecule has 17 heavy (non-hydrogen) atoms. The van der Waals surface area contributed by atoms with Gasteiger partial charge >= 0.3 is 0 Å². The Morgan fingerprint density at radius 3 is 2.94 bits per heavy atom. The van der Waals surface area contributed by atoms with E-state index in [9.17, 15) is 0 Å². The first kappa shape index (κ1) is 13.3. The fourth-order valence-electron chi connectivity index (χ4n) is 1.21. The van der Waals surface area contributed by atoms with Crippen molar-refractivity contribution in [3.05, 3.63) is 17.8 Å². The Hall–Kier alpha value is -1.80. The molecule has 0 unspecified atom stereocenters. The summed E-state index contributed by atoms with van der Waals surface area (Å²) in [6.07, 6.45) is 3.62. The normalized spacial score (nSPS) is 9.88. The Morgan fingerprint density at radius 2 is 2.24 bits per heavy atom. The van der Waals surface area contributed by atoms with E-state index in [4.69, 9.17) is 20.5 Å². The average molecular weight is 235 g/mol. The van der Waals surface area contributed by atoms with Gasteiger partial charge in [0, 0.05) is 6.61 Å². The Bertz CT molecular complexity index is 388. The molecular formula is C12H17N3O2. The SMILES string of the molecule is CCCCOCCOc1ncc(N)cc1C#N. The number of unbranched alkanes of at least 4 members (excludes halogenated alkanes) is 1. The van der Waals surface area contributed by atoms with Crippen LogP contribution >= 0.6 is 0 Å². The fraction of sp³-hybridized carbons (Fsp3) is 0.500. The maximum absolute atomic E-state index is 8.86. The van der Waals surface area contributed by atoms with Gasteiger partial charge in [-0.25, -0.2) is 4.98 Å². The molecular weight excluding hydrogens is 218 g/mol. The minimum atomic E-state index is 0.306. The third-order valence-corrected chi connectivity index (χ3v) is 2.10. The lowest BCUT2D eigenvalue weighted by molar-refractivity contribution is 0.0964. The second kappa shape index (κ2) is 7.47. The van der Waals surface area contributed by atoms with Gasteiger partial charge in [-0.2, -0.15) is 5.26 Å². The molecule has 0 bridgehead atoms. The van der Waals surface area contributed by atoms with Gasteiger partial charge in [0.2, 0.25) is 5.88 Å². The van der Waals surface area contributed by atoms with Crippen LogP contribution in [-0.2, 0) is 4.74 Å². The first-order chi connectivity index (χ1) is 8.27. The van der Waals surface area contributed by atoms with Gasteiger partial charge in [0.05, 0.1) is 18.5 Å². The van der Waals surface area contributed by atoms with Gasteiger partial charge in [-0.15, -0.1) is 0 Å². The quantitative estimate of drug-likeness (QED) is 0.728. The molecule has 0 aromatic carbocycles. The van der Waals surface area contributed by atoms with Gasteiger partial charge in [0.1, 0.15) is 18.2 Å². The Balaban J connectivity index is 2.34. The molecule has 5 nitrogen and oxygen atoms in total. The van der Waals surface area contributed by atoms with E-state index < -0.39 is 0 Å². The topological polar surface area (TPSA) is 81.2 Å². The number of nitrogen functional groups attached to an aromatic ring is 1. The smallest absolute Gasteiger partial charge is 0.231 e. The highest BCUT2D eigenvalue weighted by atomic mass is 16.5. The first-order valence-electron chi connectivity index (χ1n) is 5.64. The molecule has 0 atom stereocenters. The molecule has 1 rings (SSSR count). The molecule has 0 radical (unpaired) electrons. The summed E-state index contributed by atoms with van der Waals surface area (Å²) in [4.78, 5) is 3.96. The van der Waals surface area contributed by atoms with Crippen molar-refractivity contribution in [1.29, 1.82) is 5.26 Å². The zero-order chi connectivity index (χ0) is 12.5. The van der Waals surface area contributed by atoms with Crippen molar-refractivity contribution in [1.82, 2.24) is 4.98 Å². The Morgan fingerprint density at radius 1 is 1.41 bits per heavy atom. The maximum atomic E-state index is 8.86. The molecule has 0 amide bonds. The molecule has 92 valence electrons. The number of nitriles is 1. The zero-order valence-corrected chi connectivity index (χ0v) is 9.98. The number of rotatable bonds is 7. The predicted molar refractivity (Wildman–Crippen MR) is 64.6 cm³/mol. The molecule has 0 saturated heterocycles. The highest BCUT2D eigenvalue weighted by Crippen LogP contribution is 2.16. The summed E-state index contributed by atoms with van der Waals surface area (Å²) >= 11 is 0. The molecule has 0 aliphatic heterocycles. The predicted octanol–water partition coefficient (Wildman–Crippen LogP) is 1.73. The number of aromatic nitrogens is 1. The summed E-state index contributed by atoms with van der Waals surface area (Å²) in [6, 6.07) is 3.53. The van der Waals surface area contributed by atoms with E-state index in [1.807, 2.05) is 6.07 Å². The lowest BCUT2D eigenvalue weighted by Gasteiger charge is -2.07. The summed E-state index contributed by atoms with van der Waals surface area (Å²) in [5.74, 6) is 0.306. The highest BCUT2D eigenvalue weighted by molar-refractivity contribution is 5.48. The lowest BCUT2D eigenvalue weighted by atomic mass is 10.3. The van der Waals surface area contributed by atoms with Gasteiger partial charge < -0.3 is 15.2 Å². The van der Waals surface area contributed by atoms with E-state index in [0.29, 0.717) is 30.3 Å². The van der Waals surface area contributed by atoms with Crippen LogP contribution in [0.5, 0.6) is 5.88 Å². The first-order valence-corrected chi connectivity index (χ1v) is 5.64. The molecule has 0 spiro atoms. The third kappa shape index (κ3) is 4.70. The standard InChI is InChI=1S/C12H17N3O2/c1-2-3-4-16-5-6-17-12-10(8-13)7-11(14)9-15-12/h7,9H,2-6,14H2,1H3. The van der Waals surface area contributed by atoms with Crippen LogP contribution in [0.15, 0.2) is 12.3 Å². The van der Waals surface area contributed by atoms with Crippen LogP contribution in [0.4, 0.5) is 5.69 Å². The summed E-state index contributed by atoms with van der Waals surface area (Å²) in [5.41, 5.74) is 6.32. The van der Waals surface area contributed by atoms with Crippen molar-refractivity contribution < 1.29 is 9.47 Å². The number of ether oxygens (including phenoxy) is 2. The van der Waals surface area contributed by atoms with Crippen LogP contribution < -0.4 is 10.5 Å². The maximum Gasteiger partial charge on any atom is 0.231 e. The van der Waals surface area contributed by atoms with Crippen molar-refractivity contribution in [2.75, 3.05) is 25.6 Å². The molecule has 1 aromatic rings. The van der Waals surface area contributed by atoms with E-state index >= 15 is 0 Å². The number of hydrogen-bond donors (Lipinski definition) is 1. The van der Waals surface area contributed by atoms with Gasteiger partial charge in [0.15, 0.2) is 0 Å². The van der Waals surface area contributed by atoms with Crippen LogP contribution in [0.25, 0.3) is 0 Å². The molecule has 5 heteroatoms. The number of pyridine rings is 1. The molecule has 2 N–H and O–H groups in total. The summed E-state index contributed by atoms with van der Waals surface area (Å²) in [5, 5.41) is 8.86. The second-order valence-corrected chi connectivity index (χ2v) is 3.55. The molecule has 0 aliphatic rings. The van der Waals surface area contributed by atoms with E-state index in [1.165, 1.54) is 6.20 Å². The van der Waals surface area contributed by atoms with Crippen LogP contribution in [-0.4, -0.2) is 24.8 Å². The molecule has 0 saturated carbocycles. The molecule has 0 fully saturated rings. The van der Waals surface area contributed by atoms with E-state index in [2.05, 4.69) is 11.9 Å². The van der Waals surface area contributed by atoms with Crippen molar-refractivity contribution in [2.24, 2.45) is 0 Å². The van der Waals surface area contributed by atoms with E-state index in [0.717, 1.165) is 19.4 Å². The monoisotopic (exact) mass is 235 g/mol. The summed E-state index contributed by atoms with van der Waals surface area (Å²) in [6.45, 7) is 3.73. The number of nitrogens with two attached hydrogens (primary N) is 1. The largest absolute Gasteiger partial charge is 0.474 e. The number of hydrogen-bond acceptors (Lipinski definition) is 5. The molecule has 0 aliphatic carbocycles. The van der Waals surface area contributed by atoms with Crippen molar-refractivity contribution in [3.8, 4) is 11.9 Å². The minimum Gasteiger partial charge on any atom is -0.474 e. The van der Waals surface area contributed by atoms with Crippen LogP contribution in [0, 0.1) is 11.3 Å².